The maximum absolute atomic E-state index is 10.3. The number of rotatable bonds is 2. The van der Waals surface area contributed by atoms with Crippen molar-refractivity contribution in [2.75, 3.05) is 6.26 Å². The van der Waals surface area contributed by atoms with Crippen LogP contribution in [0, 0.1) is 5.41 Å². The first-order chi connectivity index (χ1) is 3.48. The molecule has 0 saturated carbocycles. The molecule has 0 aliphatic rings. The van der Waals surface area contributed by atoms with Crippen LogP contribution in [0.1, 0.15) is 0 Å². The molecule has 3 nitrogen and oxygen atoms in total. The molecule has 0 heterocycles. The Labute approximate surface area is 48.5 Å². The maximum atomic E-state index is 10.3. The van der Waals surface area contributed by atoms with Gasteiger partial charge in [0, 0.05) is 12.5 Å². The highest BCUT2D eigenvalue weighted by Crippen LogP contribution is 1.93. The first-order valence-corrected chi connectivity index (χ1v) is 3.77. The molecule has 0 radical (unpaired) electrons. The van der Waals surface area contributed by atoms with E-state index in [2.05, 4.69) is 6.58 Å². The lowest BCUT2D eigenvalue weighted by Crippen LogP contribution is -1.98. The van der Waals surface area contributed by atoms with E-state index in [1.165, 1.54) is 0 Å². The van der Waals surface area contributed by atoms with Gasteiger partial charge in [-0.1, -0.05) is 6.58 Å². The van der Waals surface area contributed by atoms with Crippen LogP contribution < -0.4 is 0 Å². The van der Waals surface area contributed by atoms with Crippen molar-refractivity contribution in [3.8, 4) is 0 Å². The highest BCUT2D eigenvalue weighted by molar-refractivity contribution is 7.95. The molecule has 0 aliphatic carbocycles. The molecule has 0 saturated heterocycles. The summed E-state index contributed by atoms with van der Waals surface area (Å²) in [6, 6.07) is 0. The molecule has 8 heavy (non-hydrogen) atoms. The summed E-state index contributed by atoms with van der Waals surface area (Å²) in [4.78, 5) is -0.155. The van der Waals surface area contributed by atoms with Crippen LogP contribution in [0.4, 0.5) is 0 Å². The Kier molecular flexibility index (Phi) is 1.92. The molecular formula is C4H7NO2S. The molecule has 0 atom stereocenters. The first-order valence-electron chi connectivity index (χ1n) is 1.88. The molecule has 46 valence electrons. The summed E-state index contributed by atoms with van der Waals surface area (Å²) in [6.45, 7) is 3.11. The molecule has 0 amide bonds. The van der Waals surface area contributed by atoms with Crippen LogP contribution in [0.15, 0.2) is 11.5 Å². The Bertz CT molecular complexity index is 202. The Balaban J connectivity index is 4.53. The predicted molar refractivity (Wildman–Crippen MR) is 32.8 cm³/mol. The molecule has 0 spiro atoms. The van der Waals surface area contributed by atoms with Crippen molar-refractivity contribution in [1.82, 2.24) is 0 Å². The van der Waals surface area contributed by atoms with Crippen molar-refractivity contribution in [2.45, 2.75) is 0 Å². The number of allylic oxidation sites excluding steroid dienone is 1. The van der Waals surface area contributed by atoms with Crippen LogP contribution in [0.3, 0.4) is 0 Å². The molecule has 0 aromatic rings. The minimum Gasteiger partial charge on any atom is -0.307 e. The summed E-state index contributed by atoms with van der Waals surface area (Å²) in [5.74, 6) is 0. The Morgan fingerprint density at radius 2 is 2.12 bits per heavy atom. The van der Waals surface area contributed by atoms with Crippen molar-refractivity contribution in [3.63, 3.8) is 0 Å². The van der Waals surface area contributed by atoms with E-state index in [4.69, 9.17) is 5.41 Å². The van der Waals surface area contributed by atoms with Crippen molar-refractivity contribution < 1.29 is 8.42 Å². The quantitative estimate of drug-likeness (QED) is 0.547. The van der Waals surface area contributed by atoms with E-state index in [0.717, 1.165) is 12.5 Å². The molecule has 0 aliphatic heterocycles. The summed E-state index contributed by atoms with van der Waals surface area (Å²) in [7, 11) is -3.19. The van der Waals surface area contributed by atoms with Crippen molar-refractivity contribution in [3.05, 3.63) is 11.5 Å². The van der Waals surface area contributed by atoms with Gasteiger partial charge >= 0.3 is 0 Å². The van der Waals surface area contributed by atoms with E-state index in [9.17, 15) is 8.42 Å². The number of nitrogens with one attached hydrogen (secondary N) is 1. The molecule has 1 N–H and O–H groups in total. The smallest absolute Gasteiger partial charge is 0.176 e. The normalized spacial score (nSPS) is 10.6. The summed E-state index contributed by atoms with van der Waals surface area (Å²) in [5, 5.41) is 6.46. The zero-order valence-electron chi connectivity index (χ0n) is 4.51. The van der Waals surface area contributed by atoms with Crippen LogP contribution in [0.5, 0.6) is 0 Å². The standard InChI is InChI=1S/C4H7NO2S/c1-4(3-5)8(2,6)7/h3,5H,1H2,2H3. The maximum Gasteiger partial charge on any atom is 0.176 e. The summed E-state index contributed by atoms with van der Waals surface area (Å²) < 4.78 is 20.6. The summed E-state index contributed by atoms with van der Waals surface area (Å²) in [6.07, 6.45) is 1.73. The third kappa shape index (κ3) is 1.88. The van der Waals surface area contributed by atoms with E-state index in [1.807, 2.05) is 0 Å². The van der Waals surface area contributed by atoms with Crippen LogP contribution in [0.25, 0.3) is 0 Å². The van der Waals surface area contributed by atoms with Crippen molar-refractivity contribution >= 4 is 16.1 Å². The fourth-order valence-corrected chi connectivity index (χ4v) is 0.321. The third-order valence-electron chi connectivity index (χ3n) is 0.637. The zero-order valence-corrected chi connectivity index (χ0v) is 5.33. The SMILES string of the molecule is C=C(C=N)S(C)(=O)=O. The average molecular weight is 133 g/mol. The summed E-state index contributed by atoms with van der Waals surface area (Å²) in [5.41, 5.74) is 0. The van der Waals surface area contributed by atoms with Gasteiger partial charge in [0.25, 0.3) is 0 Å². The van der Waals surface area contributed by atoms with Gasteiger partial charge in [-0.15, -0.1) is 0 Å². The van der Waals surface area contributed by atoms with Crippen molar-refractivity contribution in [1.29, 1.82) is 5.41 Å². The Hall–Kier alpha value is -0.640. The van der Waals surface area contributed by atoms with Gasteiger partial charge in [0.15, 0.2) is 9.84 Å². The van der Waals surface area contributed by atoms with Crippen LogP contribution in [-0.2, 0) is 9.84 Å². The van der Waals surface area contributed by atoms with Gasteiger partial charge in [0.2, 0.25) is 0 Å². The van der Waals surface area contributed by atoms with E-state index in [0.29, 0.717) is 0 Å². The second-order valence-electron chi connectivity index (χ2n) is 1.38. The minimum absolute atomic E-state index is 0.155. The van der Waals surface area contributed by atoms with Gasteiger partial charge < -0.3 is 5.41 Å². The fourth-order valence-electron chi connectivity index (χ4n) is 0.107. The molecule has 0 unspecified atom stereocenters. The summed E-state index contributed by atoms with van der Waals surface area (Å²) >= 11 is 0. The van der Waals surface area contributed by atoms with E-state index in [1.54, 1.807) is 0 Å². The number of hydrogen-bond acceptors (Lipinski definition) is 3. The lowest BCUT2D eigenvalue weighted by molar-refractivity contribution is 0.609. The lowest BCUT2D eigenvalue weighted by Gasteiger charge is -1.88. The van der Waals surface area contributed by atoms with E-state index >= 15 is 0 Å². The van der Waals surface area contributed by atoms with Crippen LogP contribution in [-0.4, -0.2) is 20.9 Å². The largest absolute Gasteiger partial charge is 0.307 e. The average Bonchev–Trinajstić information content (AvgIpc) is 1.62. The number of hydrogen-bond donors (Lipinski definition) is 1. The molecule has 0 rings (SSSR count). The molecule has 0 aromatic carbocycles. The first kappa shape index (κ1) is 7.36. The highest BCUT2D eigenvalue weighted by Gasteiger charge is 2.02. The monoisotopic (exact) mass is 133 g/mol. The van der Waals surface area contributed by atoms with Gasteiger partial charge in [0.05, 0.1) is 4.91 Å². The molecule has 0 aromatic heterocycles. The van der Waals surface area contributed by atoms with Gasteiger partial charge in [-0.2, -0.15) is 0 Å². The van der Waals surface area contributed by atoms with Crippen LogP contribution in [0.2, 0.25) is 0 Å². The third-order valence-corrected chi connectivity index (χ3v) is 1.71. The highest BCUT2D eigenvalue weighted by atomic mass is 32.2. The Morgan fingerprint density at radius 3 is 2.12 bits per heavy atom. The van der Waals surface area contributed by atoms with E-state index in [-0.39, 0.29) is 4.91 Å². The van der Waals surface area contributed by atoms with Gasteiger partial charge in [-0.05, 0) is 0 Å². The van der Waals surface area contributed by atoms with Crippen molar-refractivity contribution in [2.24, 2.45) is 0 Å². The van der Waals surface area contributed by atoms with Gasteiger partial charge in [-0.3, -0.25) is 0 Å². The van der Waals surface area contributed by atoms with Crippen LogP contribution >= 0.6 is 0 Å². The second kappa shape index (κ2) is 2.09. The Morgan fingerprint density at radius 1 is 1.75 bits per heavy atom. The molecular weight excluding hydrogens is 126 g/mol. The van der Waals surface area contributed by atoms with Gasteiger partial charge in [-0.25, -0.2) is 8.42 Å². The zero-order chi connectivity index (χ0) is 6.78. The van der Waals surface area contributed by atoms with E-state index < -0.39 is 9.84 Å². The number of sulfone groups is 1. The minimum atomic E-state index is -3.19. The molecule has 0 bridgehead atoms. The molecule has 4 heteroatoms. The second-order valence-corrected chi connectivity index (χ2v) is 3.45. The van der Waals surface area contributed by atoms with Gasteiger partial charge in [0.1, 0.15) is 0 Å². The predicted octanol–water partition coefficient (Wildman–Crippen LogP) is 0.194. The topological polar surface area (TPSA) is 58.0 Å². The molecule has 0 fully saturated rings. The lowest BCUT2D eigenvalue weighted by atomic mass is 10.7. The fraction of sp³-hybridized carbons (Fsp3) is 0.250.